The zero-order chi connectivity index (χ0) is 13.7. The second-order valence-corrected chi connectivity index (χ2v) is 4.66. The van der Waals surface area contributed by atoms with E-state index in [0.717, 1.165) is 18.4 Å². The fourth-order valence-electron chi connectivity index (χ4n) is 1.74. The number of carbonyl (C=O) groups is 1. The molecule has 0 spiro atoms. The highest BCUT2D eigenvalue weighted by Crippen LogP contribution is 2.23. The van der Waals surface area contributed by atoms with Crippen LogP contribution in [0.1, 0.15) is 24.8 Å². The lowest BCUT2D eigenvalue weighted by atomic mass is 10.2. The van der Waals surface area contributed by atoms with E-state index in [1.165, 1.54) is 0 Å². The van der Waals surface area contributed by atoms with Gasteiger partial charge in [0.25, 0.3) is 0 Å². The summed E-state index contributed by atoms with van der Waals surface area (Å²) in [5.41, 5.74) is 6.55. The fourth-order valence-corrected chi connectivity index (χ4v) is 1.74. The summed E-state index contributed by atoms with van der Waals surface area (Å²) in [5, 5.41) is 2.92. The van der Waals surface area contributed by atoms with Crippen molar-refractivity contribution < 1.29 is 14.3 Å². The molecule has 19 heavy (non-hydrogen) atoms. The Kier molecular flexibility index (Phi) is 4.63. The SMILES string of the molecule is COc1cc(CN)cc(OCCC(=O)NC2CC2)c1. The summed E-state index contributed by atoms with van der Waals surface area (Å²) in [7, 11) is 1.60. The molecule has 0 radical (unpaired) electrons. The molecule has 1 fully saturated rings. The van der Waals surface area contributed by atoms with Crippen LogP contribution in [0.2, 0.25) is 0 Å². The van der Waals surface area contributed by atoms with Gasteiger partial charge in [-0.1, -0.05) is 0 Å². The van der Waals surface area contributed by atoms with Crippen LogP contribution in [-0.2, 0) is 11.3 Å². The van der Waals surface area contributed by atoms with Gasteiger partial charge in [-0.2, -0.15) is 0 Å². The first kappa shape index (κ1) is 13.7. The zero-order valence-corrected chi connectivity index (χ0v) is 11.1. The van der Waals surface area contributed by atoms with Crippen LogP contribution in [-0.4, -0.2) is 25.7 Å². The molecule has 104 valence electrons. The number of nitrogens with one attached hydrogen (secondary N) is 1. The van der Waals surface area contributed by atoms with Crippen LogP contribution in [0.4, 0.5) is 0 Å². The van der Waals surface area contributed by atoms with Crippen molar-refractivity contribution in [3.8, 4) is 11.5 Å². The van der Waals surface area contributed by atoms with Crippen LogP contribution >= 0.6 is 0 Å². The average Bonchev–Trinajstić information content (AvgIpc) is 3.22. The maximum atomic E-state index is 11.5. The Labute approximate surface area is 113 Å². The summed E-state index contributed by atoms with van der Waals surface area (Å²) in [6.45, 7) is 0.783. The number of nitrogens with two attached hydrogens (primary N) is 1. The third kappa shape index (κ3) is 4.44. The number of amides is 1. The van der Waals surface area contributed by atoms with Gasteiger partial charge < -0.3 is 20.5 Å². The second-order valence-electron chi connectivity index (χ2n) is 4.66. The van der Waals surface area contributed by atoms with E-state index in [9.17, 15) is 4.79 Å². The molecule has 5 heteroatoms. The van der Waals surface area contributed by atoms with Crippen LogP contribution in [0.25, 0.3) is 0 Å². The van der Waals surface area contributed by atoms with E-state index in [1.807, 2.05) is 12.1 Å². The van der Waals surface area contributed by atoms with Gasteiger partial charge in [0.05, 0.1) is 20.1 Å². The van der Waals surface area contributed by atoms with Gasteiger partial charge in [0, 0.05) is 18.7 Å². The van der Waals surface area contributed by atoms with E-state index in [4.69, 9.17) is 15.2 Å². The predicted octanol–water partition coefficient (Wildman–Crippen LogP) is 1.20. The fraction of sp³-hybridized carbons (Fsp3) is 0.500. The summed E-state index contributed by atoms with van der Waals surface area (Å²) in [6, 6.07) is 5.92. The van der Waals surface area contributed by atoms with Crippen molar-refractivity contribution in [3.05, 3.63) is 23.8 Å². The molecule has 1 amide bonds. The number of hydrogen-bond donors (Lipinski definition) is 2. The Balaban J connectivity index is 1.82. The molecule has 0 unspecified atom stereocenters. The molecular formula is C14H20N2O3. The summed E-state index contributed by atoms with van der Waals surface area (Å²) in [5.74, 6) is 1.43. The number of hydrogen-bond acceptors (Lipinski definition) is 4. The van der Waals surface area contributed by atoms with Gasteiger partial charge in [0.15, 0.2) is 0 Å². The molecule has 1 aliphatic rings. The van der Waals surface area contributed by atoms with Gasteiger partial charge in [0.2, 0.25) is 5.91 Å². The van der Waals surface area contributed by atoms with Gasteiger partial charge in [-0.15, -0.1) is 0 Å². The molecule has 1 aromatic rings. The normalized spacial score (nSPS) is 14.0. The van der Waals surface area contributed by atoms with Gasteiger partial charge in [0.1, 0.15) is 11.5 Å². The molecule has 2 rings (SSSR count). The summed E-state index contributed by atoms with van der Waals surface area (Å²) < 4.78 is 10.7. The Morgan fingerprint density at radius 1 is 1.37 bits per heavy atom. The van der Waals surface area contributed by atoms with Crippen molar-refractivity contribution in [1.29, 1.82) is 0 Å². The summed E-state index contributed by atoms with van der Waals surface area (Å²) >= 11 is 0. The van der Waals surface area contributed by atoms with Crippen LogP contribution in [0.15, 0.2) is 18.2 Å². The van der Waals surface area contributed by atoms with Crippen molar-refractivity contribution in [2.45, 2.75) is 31.8 Å². The first-order valence-electron chi connectivity index (χ1n) is 6.51. The first-order valence-corrected chi connectivity index (χ1v) is 6.51. The molecule has 5 nitrogen and oxygen atoms in total. The second kappa shape index (κ2) is 6.43. The third-order valence-corrected chi connectivity index (χ3v) is 2.95. The molecule has 0 aromatic heterocycles. The Morgan fingerprint density at radius 3 is 2.74 bits per heavy atom. The minimum atomic E-state index is 0.0458. The smallest absolute Gasteiger partial charge is 0.223 e. The largest absolute Gasteiger partial charge is 0.497 e. The third-order valence-electron chi connectivity index (χ3n) is 2.95. The van der Waals surface area contributed by atoms with Crippen molar-refractivity contribution in [2.24, 2.45) is 5.73 Å². The van der Waals surface area contributed by atoms with Gasteiger partial charge in [-0.3, -0.25) is 4.79 Å². The molecule has 0 atom stereocenters. The van der Waals surface area contributed by atoms with Crippen molar-refractivity contribution in [3.63, 3.8) is 0 Å². The lowest BCUT2D eigenvalue weighted by Crippen LogP contribution is -2.26. The standard InChI is InChI=1S/C14H20N2O3/c1-18-12-6-10(9-15)7-13(8-12)19-5-4-14(17)16-11-2-3-11/h6-8,11H,2-5,9,15H2,1H3,(H,16,17). The van der Waals surface area contributed by atoms with Crippen molar-refractivity contribution in [2.75, 3.05) is 13.7 Å². The van der Waals surface area contributed by atoms with E-state index in [-0.39, 0.29) is 5.91 Å². The van der Waals surface area contributed by atoms with Gasteiger partial charge >= 0.3 is 0 Å². The van der Waals surface area contributed by atoms with E-state index in [0.29, 0.717) is 37.1 Å². The van der Waals surface area contributed by atoms with Crippen LogP contribution in [0, 0.1) is 0 Å². The maximum Gasteiger partial charge on any atom is 0.223 e. The quantitative estimate of drug-likeness (QED) is 0.776. The van der Waals surface area contributed by atoms with Crippen molar-refractivity contribution >= 4 is 5.91 Å². The Morgan fingerprint density at radius 2 is 2.11 bits per heavy atom. The average molecular weight is 264 g/mol. The number of rotatable bonds is 7. The molecule has 3 N–H and O–H groups in total. The highest BCUT2D eigenvalue weighted by Gasteiger charge is 2.22. The Hall–Kier alpha value is -1.75. The predicted molar refractivity (Wildman–Crippen MR) is 72.2 cm³/mol. The van der Waals surface area contributed by atoms with E-state index in [1.54, 1.807) is 13.2 Å². The molecule has 1 aromatic carbocycles. The lowest BCUT2D eigenvalue weighted by Gasteiger charge is -2.10. The number of methoxy groups -OCH3 is 1. The topological polar surface area (TPSA) is 73.6 Å². The lowest BCUT2D eigenvalue weighted by molar-refractivity contribution is -0.121. The minimum absolute atomic E-state index is 0.0458. The summed E-state index contributed by atoms with van der Waals surface area (Å²) in [4.78, 5) is 11.5. The van der Waals surface area contributed by atoms with Crippen LogP contribution in [0.3, 0.4) is 0 Å². The van der Waals surface area contributed by atoms with E-state index >= 15 is 0 Å². The highest BCUT2D eigenvalue weighted by molar-refractivity contribution is 5.76. The number of carbonyl (C=O) groups excluding carboxylic acids is 1. The molecule has 1 aliphatic carbocycles. The number of ether oxygens (including phenoxy) is 2. The maximum absolute atomic E-state index is 11.5. The molecule has 0 heterocycles. The van der Waals surface area contributed by atoms with E-state index in [2.05, 4.69) is 5.32 Å². The van der Waals surface area contributed by atoms with Gasteiger partial charge in [-0.25, -0.2) is 0 Å². The first-order chi connectivity index (χ1) is 9.21. The Bertz CT molecular complexity index is 422. The molecule has 0 aliphatic heterocycles. The molecule has 0 bridgehead atoms. The number of benzene rings is 1. The van der Waals surface area contributed by atoms with E-state index < -0.39 is 0 Å². The monoisotopic (exact) mass is 264 g/mol. The van der Waals surface area contributed by atoms with Crippen LogP contribution in [0.5, 0.6) is 11.5 Å². The molecular weight excluding hydrogens is 244 g/mol. The molecule has 0 saturated heterocycles. The van der Waals surface area contributed by atoms with Crippen LogP contribution < -0.4 is 20.5 Å². The molecule has 1 saturated carbocycles. The summed E-state index contributed by atoms with van der Waals surface area (Å²) in [6.07, 6.45) is 2.57. The van der Waals surface area contributed by atoms with Crippen molar-refractivity contribution in [1.82, 2.24) is 5.32 Å². The van der Waals surface area contributed by atoms with Gasteiger partial charge in [-0.05, 0) is 30.5 Å². The highest BCUT2D eigenvalue weighted by atomic mass is 16.5. The minimum Gasteiger partial charge on any atom is -0.497 e. The zero-order valence-electron chi connectivity index (χ0n) is 11.1.